The fraction of sp³-hybridized carbons (Fsp3) is 0.0667. The van der Waals surface area contributed by atoms with E-state index in [0.717, 1.165) is 15.8 Å². The number of ether oxygens (including phenoxy) is 1. The molecule has 128 valence electrons. The molecule has 0 spiro atoms. The van der Waals surface area contributed by atoms with Crippen LogP contribution in [0.2, 0.25) is 0 Å². The first-order chi connectivity index (χ1) is 12.1. The zero-order valence-corrected chi connectivity index (χ0v) is 14.5. The molecule has 3 aromatic rings. The van der Waals surface area contributed by atoms with Crippen LogP contribution < -0.4 is 10.1 Å². The monoisotopic (exact) mass is 376 g/mol. The third-order valence-electron chi connectivity index (χ3n) is 2.92. The zero-order valence-electron chi connectivity index (χ0n) is 12.9. The van der Waals surface area contributed by atoms with Crippen molar-refractivity contribution in [3.8, 4) is 5.75 Å². The molecule has 2 aromatic heterocycles. The highest BCUT2D eigenvalue weighted by Crippen LogP contribution is 2.30. The Morgan fingerprint density at radius 3 is 3.00 bits per heavy atom. The topological polar surface area (TPSA) is 103 Å². The summed E-state index contributed by atoms with van der Waals surface area (Å²) in [7, 11) is 1.61. The van der Waals surface area contributed by atoms with E-state index in [1.807, 2.05) is 24.3 Å². The van der Waals surface area contributed by atoms with Gasteiger partial charge in [-0.25, -0.2) is 0 Å². The molecule has 0 aliphatic heterocycles. The van der Waals surface area contributed by atoms with Crippen LogP contribution in [0, 0.1) is 10.1 Å². The number of aromatic nitrogens is 2. The minimum Gasteiger partial charge on any atom is -0.497 e. The van der Waals surface area contributed by atoms with Crippen molar-refractivity contribution < 1.29 is 14.1 Å². The van der Waals surface area contributed by atoms with Crippen molar-refractivity contribution in [1.82, 2.24) is 10.2 Å². The maximum atomic E-state index is 10.6. The van der Waals surface area contributed by atoms with Crippen LogP contribution in [0.3, 0.4) is 0 Å². The molecule has 10 heteroatoms. The van der Waals surface area contributed by atoms with E-state index in [1.165, 1.54) is 35.2 Å². The Bertz CT molecular complexity index is 906. The van der Waals surface area contributed by atoms with Gasteiger partial charge in [0.1, 0.15) is 16.4 Å². The van der Waals surface area contributed by atoms with Crippen molar-refractivity contribution in [2.45, 2.75) is 4.34 Å². The van der Waals surface area contributed by atoms with Crippen LogP contribution in [0.4, 0.5) is 16.7 Å². The quantitative estimate of drug-likeness (QED) is 0.364. The average molecular weight is 376 g/mol. The Labute approximate surface area is 150 Å². The minimum atomic E-state index is -0.578. The van der Waals surface area contributed by atoms with Crippen LogP contribution in [-0.4, -0.2) is 22.2 Å². The van der Waals surface area contributed by atoms with E-state index < -0.39 is 4.92 Å². The van der Waals surface area contributed by atoms with Crippen molar-refractivity contribution in [1.29, 1.82) is 0 Å². The molecule has 0 fully saturated rings. The first kappa shape index (κ1) is 17.0. The summed E-state index contributed by atoms with van der Waals surface area (Å²) >= 11 is 2.73. The molecule has 1 aromatic carbocycles. The number of hydrogen-bond acceptors (Lipinski definition) is 9. The normalized spacial score (nSPS) is 10.9. The van der Waals surface area contributed by atoms with E-state index in [9.17, 15) is 10.1 Å². The summed E-state index contributed by atoms with van der Waals surface area (Å²) in [5.41, 5.74) is 0.852. The molecule has 0 saturated heterocycles. The fourth-order valence-corrected chi connectivity index (χ4v) is 3.32. The molecule has 0 radical (unpaired) electrons. The number of anilines is 2. The number of nitrogens with zero attached hydrogens (tertiary/aromatic N) is 3. The van der Waals surface area contributed by atoms with Gasteiger partial charge in [0, 0.05) is 11.8 Å². The molecular formula is C15H12N4O4S2. The highest BCUT2D eigenvalue weighted by atomic mass is 32.2. The van der Waals surface area contributed by atoms with Crippen LogP contribution in [0.25, 0.3) is 6.08 Å². The van der Waals surface area contributed by atoms with E-state index in [2.05, 4.69) is 15.5 Å². The SMILES string of the molecule is COc1cccc(Nc2nnc(S/C=C/c3ccc([N+](=O)[O-])o3)s2)c1. The summed E-state index contributed by atoms with van der Waals surface area (Å²) in [5.74, 6) is 0.864. The predicted molar refractivity (Wildman–Crippen MR) is 96.4 cm³/mol. The second-order valence-corrected chi connectivity index (χ2v) is 6.71. The molecule has 1 N–H and O–H groups in total. The van der Waals surface area contributed by atoms with Gasteiger partial charge in [-0.05, 0) is 29.7 Å². The molecule has 0 atom stereocenters. The lowest BCUT2D eigenvalue weighted by molar-refractivity contribution is -0.402. The maximum absolute atomic E-state index is 10.6. The van der Waals surface area contributed by atoms with E-state index in [4.69, 9.17) is 9.15 Å². The molecule has 0 unspecified atom stereocenters. The second-order valence-electron chi connectivity index (χ2n) is 4.58. The molecule has 8 nitrogen and oxygen atoms in total. The van der Waals surface area contributed by atoms with E-state index in [0.29, 0.717) is 10.9 Å². The summed E-state index contributed by atoms with van der Waals surface area (Å²) < 4.78 is 10.9. The highest BCUT2D eigenvalue weighted by molar-refractivity contribution is 8.03. The van der Waals surface area contributed by atoms with Crippen molar-refractivity contribution >= 4 is 45.9 Å². The molecule has 0 saturated carbocycles. The second kappa shape index (κ2) is 7.81. The number of nitrogens with one attached hydrogen (secondary N) is 1. The van der Waals surface area contributed by atoms with Crippen LogP contribution in [0.5, 0.6) is 5.75 Å². The van der Waals surface area contributed by atoms with Crippen molar-refractivity contribution in [3.05, 3.63) is 57.7 Å². The lowest BCUT2D eigenvalue weighted by atomic mass is 10.3. The van der Waals surface area contributed by atoms with Gasteiger partial charge in [-0.3, -0.25) is 10.1 Å². The van der Waals surface area contributed by atoms with Crippen molar-refractivity contribution in [2.75, 3.05) is 12.4 Å². The molecule has 0 aliphatic rings. The first-order valence-electron chi connectivity index (χ1n) is 6.96. The first-order valence-corrected chi connectivity index (χ1v) is 8.65. The summed E-state index contributed by atoms with van der Waals surface area (Å²) in [6.45, 7) is 0. The summed E-state index contributed by atoms with van der Waals surface area (Å²) in [6, 6.07) is 10.3. The van der Waals surface area contributed by atoms with Gasteiger partial charge >= 0.3 is 5.88 Å². The fourth-order valence-electron chi connectivity index (χ4n) is 1.82. The third-order valence-corrected chi connectivity index (χ3v) is 4.65. The summed E-state index contributed by atoms with van der Waals surface area (Å²) in [5, 5.41) is 24.2. The lowest BCUT2D eigenvalue weighted by Gasteiger charge is -2.04. The number of thioether (sulfide) groups is 1. The highest BCUT2D eigenvalue weighted by Gasteiger charge is 2.10. The Kier molecular flexibility index (Phi) is 5.31. The van der Waals surface area contributed by atoms with Gasteiger partial charge < -0.3 is 14.5 Å². The summed E-state index contributed by atoms with van der Waals surface area (Å²) in [4.78, 5) is 9.98. The van der Waals surface area contributed by atoms with Gasteiger partial charge in [-0.1, -0.05) is 29.2 Å². The number of hydrogen-bond donors (Lipinski definition) is 1. The van der Waals surface area contributed by atoms with Crippen molar-refractivity contribution in [2.24, 2.45) is 0 Å². The zero-order chi connectivity index (χ0) is 17.6. The van der Waals surface area contributed by atoms with Gasteiger partial charge in [0.15, 0.2) is 4.34 Å². The molecule has 0 amide bonds. The smallest absolute Gasteiger partial charge is 0.433 e. The van der Waals surface area contributed by atoms with Crippen LogP contribution in [0.1, 0.15) is 5.76 Å². The number of benzene rings is 1. The molecular weight excluding hydrogens is 364 g/mol. The standard InChI is InChI=1S/C15H12N4O4S2/c1-22-12-4-2-3-10(9-12)16-14-17-18-15(25-14)24-8-7-11-5-6-13(23-11)19(20)21/h2-9H,1H3,(H,16,17)/b8-7+. The van der Waals surface area contributed by atoms with Gasteiger partial charge in [0.05, 0.1) is 13.2 Å². The van der Waals surface area contributed by atoms with Gasteiger partial charge in [-0.15, -0.1) is 10.2 Å². The third kappa shape index (κ3) is 4.58. The van der Waals surface area contributed by atoms with Crippen LogP contribution in [-0.2, 0) is 0 Å². The molecule has 3 rings (SSSR count). The largest absolute Gasteiger partial charge is 0.497 e. The predicted octanol–water partition coefficient (Wildman–Crippen LogP) is 4.55. The lowest BCUT2D eigenvalue weighted by Crippen LogP contribution is -1.90. The molecule has 25 heavy (non-hydrogen) atoms. The van der Waals surface area contributed by atoms with E-state index in [-0.39, 0.29) is 5.88 Å². The van der Waals surface area contributed by atoms with Crippen LogP contribution >= 0.6 is 23.1 Å². The van der Waals surface area contributed by atoms with Crippen LogP contribution in [0.15, 0.2) is 50.6 Å². The van der Waals surface area contributed by atoms with Gasteiger partial charge in [0.2, 0.25) is 5.13 Å². The van der Waals surface area contributed by atoms with Gasteiger partial charge in [0.25, 0.3) is 0 Å². The number of rotatable bonds is 7. The maximum Gasteiger partial charge on any atom is 0.433 e. The Hall–Kier alpha value is -2.85. The minimum absolute atomic E-state index is 0.287. The number of methoxy groups -OCH3 is 1. The number of furan rings is 1. The Balaban J connectivity index is 1.59. The Morgan fingerprint density at radius 2 is 2.24 bits per heavy atom. The van der Waals surface area contributed by atoms with Crippen molar-refractivity contribution in [3.63, 3.8) is 0 Å². The van der Waals surface area contributed by atoms with E-state index in [1.54, 1.807) is 18.6 Å². The number of nitro groups is 1. The molecule has 2 heterocycles. The van der Waals surface area contributed by atoms with Gasteiger partial charge in [-0.2, -0.15) is 0 Å². The molecule has 0 bridgehead atoms. The van der Waals surface area contributed by atoms with E-state index >= 15 is 0 Å². The summed E-state index contributed by atoms with van der Waals surface area (Å²) in [6.07, 6.45) is 1.63. The average Bonchev–Trinajstić information content (AvgIpc) is 3.25. The Morgan fingerprint density at radius 1 is 1.36 bits per heavy atom. The molecule has 0 aliphatic carbocycles.